The smallest absolute Gasteiger partial charge is 0.239 e. The molecular formula is C10H18N4O2. The average Bonchev–Trinajstić information content (AvgIpc) is 2.65. The summed E-state index contributed by atoms with van der Waals surface area (Å²) in [5.41, 5.74) is 4.51. The Morgan fingerprint density at radius 3 is 2.94 bits per heavy atom. The van der Waals surface area contributed by atoms with Gasteiger partial charge in [0.25, 0.3) is 0 Å². The number of ether oxygens (including phenoxy) is 1. The van der Waals surface area contributed by atoms with E-state index < -0.39 is 11.4 Å². The van der Waals surface area contributed by atoms with Crippen molar-refractivity contribution in [2.45, 2.75) is 25.9 Å². The number of hydrogen-bond donors (Lipinski definition) is 2. The monoisotopic (exact) mass is 226 g/mol. The van der Waals surface area contributed by atoms with Crippen LogP contribution in [-0.4, -0.2) is 34.9 Å². The van der Waals surface area contributed by atoms with Gasteiger partial charge in [0.15, 0.2) is 5.75 Å². The lowest BCUT2D eigenvalue weighted by Gasteiger charge is -2.24. The molecule has 0 aliphatic carbocycles. The molecule has 1 rings (SSSR count). The van der Waals surface area contributed by atoms with Crippen molar-refractivity contribution in [1.82, 2.24) is 15.1 Å². The number of amides is 1. The number of carbonyl (C=O) groups excluding carboxylic acids is 1. The van der Waals surface area contributed by atoms with Crippen LogP contribution in [0.5, 0.6) is 5.75 Å². The van der Waals surface area contributed by atoms with Gasteiger partial charge in [-0.1, -0.05) is 0 Å². The van der Waals surface area contributed by atoms with Gasteiger partial charge in [-0.3, -0.25) is 9.48 Å². The molecule has 0 aliphatic heterocycles. The van der Waals surface area contributed by atoms with Gasteiger partial charge >= 0.3 is 0 Å². The quantitative estimate of drug-likeness (QED) is 0.700. The molecule has 1 heterocycles. The SMILES string of the molecule is CCOc1cnn(CC(C)(NC)C(N)=O)c1. The largest absolute Gasteiger partial charge is 0.491 e. The third-order valence-electron chi connectivity index (χ3n) is 2.49. The number of nitrogens with two attached hydrogens (primary N) is 1. The molecule has 0 saturated heterocycles. The fourth-order valence-electron chi connectivity index (χ4n) is 1.28. The van der Waals surface area contributed by atoms with Crippen LogP contribution in [0.3, 0.4) is 0 Å². The molecule has 0 bridgehead atoms. The van der Waals surface area contributed by atoms with Crippen molar-refractivity contribution in [2.75, 3.05) is 13.7 Å². The molecule has 0 spiro atoms. The van der Waals surface area contributed by atoms with E-state index in [1.807, 2.05) is 6.92 Å². The highest BCUT2D eigenvalue weighted by atomic mass is 16.5. The van der Waals surface area contributed by atoms with Crippen molar-refractivity contribution in [1.29, 1.82) is 0 Å². The molecule has 0 fully saturated rings. The molecule has 0 radical (unpaired) electrons. The van der Waals surface area contributed by atoms with E-state index in [4.69, 9.17) is 10.5 Å². The van der Waals surface area contributed by atoms with Gasteiger partial charge in [0.05, 0.1) is 25.5 Å². The molecule has 90 valence electrons. The second-order valence-corrected chi connectivity index (χ2v) is 3.75. The highest BCUT2D eigenvalue weighted by molar-refractivity contribution is 5.84. The second kappa shape index (κ2) is 4.98. The molecule has 0 aromatic carbocycles. The zero-order valence-electron chi connectivity index (χ0n) is 9.86. The highest BCUT2D eigenvalue weighted by Gasteiger charge is 2.29. The van der Waals surface area contributed by atoms with Crippen molar-refractivity contribution in [3.63, 3.8) is 0 Å². The third-order valence-corrected chi connectivity index (χ3v) is 2.49. The molecule has 3 N–H and O–H groups in total. The van der Waals surface area contributed by atoms with Crippen LogP contribution in [0, 0.1) is 0 Å². The van der Waals surface area contributed by atoms with Gasteiger partial charge in [0.1, 0.15) is 5.54 Å². The van der Waals surface area contributed by atoms with Crippen LogP contribution in [0.4, 0.5) is 0 Å². The summed E-state index contributed by atoms with van der Waals surface area (Å²) >= 11 is 0. The van der Waals surface area contributed by atoms with Crippen LogP contribution in [-0.2, 0) is 11.3 Å². The summed E-state index contributed by atoms with van der Waals surface area (Å²) in [6, 6.07) is 0. The first-order valence-electron chi connectivity index (χ1n) is 5.16. The van der Waals surface area contributed by atoms with Crippen molar-refractivity contribution in [3.8, 4) is 5.75 Å². The van der Waals surface area contributed by atoms with Crippen molar-refractivity contribution in [3.05, 3.63) is 12.4 Å². The Morgan fingerprint density at radius 1 is 1.75 bits per heavy atom. The van der Waals surface area contributed by atoms with Crippen LogP contribution >= 0.6 is 0 Å². The second-order valence-electron chi connectivity index (χ2n) is 3.75. The van der Waals surface area contributed by atoms with Crippen LogP contribution in [0.2, 0.25) is 0 Å². The molecule has 1 amide bonds. The van der Waals surface area contributed by atoms with Crippen molar-refractivity contribution >= 4 is 5.91 Å². The van der Waals surface area contributed by atoms with Crippen molar-refractivity contribution < 1.29 is 9.53 Å². The molecule has 0 saturated carbocycles. The number of carbonyl (C=O) groups is 1. The number of primary amides is 1. The van der Waals surface area contributed by atoms with E-state index >= 15 is 0 Å². The van der Waals surface area contributed by atoms with E-state index in [9.17, 15) is 4.79 Å². The van der Waals surface area contributed by atoms with Crippen LogP contribution in [0.1, 0.15) is 13.8 Å². The molecule has 1 unspecified atom stereocenters. The summed E-state index contributed by atoms with van der Waals surface area (Å²) in [5.74, 6) is 0.272. The van der Waals surface area contributed by atoms with Gasteiger partial charge < -0.3 is 15.8 Å². The predicted octanol–water partition coefficient (Wildman–Crippen LogP) is -0.255. The molecule has 0 aliphatic rings. The zero-order valence-corrected chi connectivity index (χ0v) is 9.86. The maximum absolute atomic E-state index is 11.3. The van der Waals surface area contributed by atoms with Gasteiger partial charge in [-0.15, -0.1) is 0 Å². The Kier molecular flexibility index (Phi) is 3.89. The third kappa shape index (κ3) is 2.73. The maximum Gasteiger partial charge on any atom is 0.239 e. The minimum atomic E-state index is -0.810. The van der Waals surface area contributed by atoms with E-state index in [1.54, 1.807) is 31.0 Å². The van der Waals surface area contributed by atoms with Gasteiger partial charge in [-0.25, -0.2) is 0 Å². The standard InChI is InChI=1S/C10H18N4O2/c1-4-16-8-5-13-14(6-8)7-10(2,12-3)9(11)15/h5-6,12H,4,7H2,1-3H3,(H2,11,15). The Bertz CT molecular complexity index is 363. The van der Waals surface area contributed by atoms with E-state index in [0.717, 1.165) is 0 Å². The Labute approximate surface area is 94.8 Å². The number of nitrogens with one attached hydrogen (secondary N) is 1. The van der Waals surface area contributed by atoms with E-state index in [-0.39, 0.29) is 0 Å². The van der Waals surface area contributed by atoms with Crippen LogP contribution in [0.15, 0.2) is 12.4 Å². The summed E-state index contributed by atoms with van der Waals surface area (Å²) in [4.78, 5) is 11.3. The molecular weight excluding hydrogens is 208 g/mol. The number of aromatic nitrogens is 2. The Morgan fingerprint density at radius 2 is 2.44 bits per heavy atom. The minimum Gasteiger partial charge on any atom is -0.491 e. The topological polar surface area (TPSA) is 82.2 Å². The van der Waals surface area contributed by atoms with Gasteiger partial charge in [0.2, 0.25) is 5.91 Å². The molecule has 1 aromatic rings. The molecule has 16 heavy (non-hydrogen) atoms. The minimum absolute atomic E-state index is 0.367. The van der Waals surface area contributed by atoms with E-state index in [2.05, 4.69) is 10.4 Å². The molecule has 1 aromatic heterocycles. The number of hydrogen-bond acceptors (Lipinski definition) is 4. The predicted molar refractivity (Wildman–Crippen MR) is 60.1 cm³/mol. The summed E-state index contributed by atoms with van der Waals surface area (Å²) in [7, 11) is 1.69. The van der Waals surface area contributed by atoms with Gasteiger partial charge in [0, 0.05) is 0 Å². The van der Waals surface area contributed by atoms with E-state index in [1.165, 1.54) is 0 Å². The average molecular weight is 226 g/mol. The van der Waals surface area contributed by atoms with Gasteiger partial charge in [-0.05, 0) is 20.9 Å². The normalized spacial score (nSPS) is 14.4. The lowest BCUT2D eigenvalue weighted by atomic mass is 10.0. The molecule has 1 atom stereocenters. The maximum atomic E-state index is 11.3. The first-order chi connectivity index (χ1) is 7.51. The van der Waals surface area contributed by atoms with Crippen LogP contribution < -0.4 is 15.8 Å². The fourth-order valence-corrected chi connectivity index (χ4v) is 1.28. The summed E-state index contributed by atoms with van der Waals surface area (Å²) in [6.45, 7) is 4.59. The Balaban J connectivity index is 2.74. The molecule has 6 heteroatoms. The van der Waals surface area contributed by atoms with Crippen LogP contribution in [0.25, 0.3) is 0 Å². The van der Waals surface area contributed by atoms with Crippen molar-refractivity contribution in [2.24, 2.45) is 5.73 Å². The zero-order chi connectivity index (χ0) is 12.2. The summed E-state index contributed by atoms with van der Waals surface area (Å²) in [6.07, 6.45) is 3.35. The number of likely N-dealkylation sites (N-methyl/N-ethyl adjacent to an activating group) is 1. The lowest BCUT2D eigenvalue weighted by molar-refractivity contribution is -0.124. The Hall–Kier alpha value is -1.56. The summed E-state index contributed by atoms with van der Waals surface area (Å²) in [5, 5.41) is 6.99. The van der Waals surface area contributed by atoms with E-state index in [0.29, 0.717) is 18.9 Å². The summed E-state index contributed by atoms with van der Waals surface area (Å²) < 4.78 is 6.91. The fraction of sp³-hybridized carbons (Fsp3) is 0.600. The van der Waals surface area contributed by atoms with Gasteiger partial charge in [-0.2, -0.15) is 5.10 Å². The first kappa shape index (κ1) is 12.5. The molecule has 6 nitrogen and oxygen atoms in total. The highest BCUT2D eigenvalue weighted by Crippen LogP contribution is 2.11. The first-order valence-corrected chi connectivity index (χ1v) is 5.16. The lowest BCUT2D eigenvalue weighted by Crippen LogP contribution is -2.54. The number of rotatable bonds is 6. The number of nitrogens with zero attached hydrogens (tertiary/aromatic N) is 2.